The van der Waals surface area contributed by atoms with Crippen LogP contribution < -0.4 is 10.6 Å². The molecule has 1 aliphatic heterocycles. The van der Waals surface area contributed by atoms with Crippen molar-refractivity contribution in [2.24, 2.45) is 0 Å². The van der Waals surface area contributed by atoms with Gasteiger partial charge in [-0.25, -0.2) is 0 Å². The summed E-state index contributed by atoms with van der Waals surface area (Å²) in [4.78, 5) is 14.9. The molecule has 4 nitrogen and oxygen atoms in total. The lowest BCUT2D eigenvalue weighted by molar-refractivity contribution is -0.125. The first-order chi connectivity index (χ1) is 14.6. The van der Waals surface area contributed by atoms with Crippen molar-refractivity contribution >= 4 is 28.3 Å². The van der Waals surface area contributed by atoms with Crippen LogP contribution in [-0.4, -0.2) is 36.0 Å². The maximum absolute atomic E-state index is 12.7. The molecule has 1 amide bonds. The van der Waals surface area contributed by atoms with Gasteiger partial charge in [-0.3, -0.25) is 9.69 Å². The van der Waals surface area contributed by atoms with Crippen molar-refractivity contribution in [3.05, 3.63) is 82.9 Å². The minimum absolute atomic E-state index is 0.106. The molecule has 5 heteroatoms. The third-order valence-corrected chi connectivity index (χ3v) is 5.98. The normalized spacial score (nSPS) is 19.3. The molecular formula is C25H28ClN3O. The van der Waals surface area contributed by atoms with Crippen molar-refractivity contribution in [2.45, 2.75) is 38.5 Å². The Hall–Kier alpha value is -2.40. The molecule has 1 saturated heterocycles. The van der Waals surface area contributed by atoms with Crippen LogP contribution in [0, 0.1) is 0 Å². The second-order valence-electron chi connectivity index (χ2n) is 7.96. The van der Waals surface area contributed by atoms with Crippen LogP contribution in [0.2, 0.25) is 5.02 Å². The number of nitrogens with one attached hydrogen (secondary N) is 2. The van der Waals surface area contributed by atoms with E-state index in [1.165, 1.54) is 16.3 Å². The van der Waals surface area contributed by atoms with Gasteiger partial charge in [0.1, 0.15) is 0 Å². The number of nitrogens with zero attached hydrogens (tertiary/aromatic N) is 1. The monoisotopic (exact) mass is 421 g/mol. The quantitative estimate of drug-likeness (QED) is 0.595. The fraction of sp³-hybridized carbons (Fsp3) is 0.320. The molecule has 3 aromatic rings. The second kappa shape index (κ2) is 9.61. The molecule has 0 unspecified atom stereocenters. The summed E-state index contributed by atoms with van der Waals surface area (Å²) in [6, 6.07) is 23.0. The molecule has 2 atom stereocenters. The Morgan fingerprint density at radius 1 is 1.03 bits per heavy atom. The first-order valence-corrected chi connectivity index (χ1v) is 11.0. The van der Waals surface area contributed by atoms with Crippen molar-refractivity contribution in [3.8, 4) is 0 Å². The van der Waals surface area contributed by atoms with Crippen molar-refractivity contribution in [3.63, 3.8) is 0 Å². The highest BCUT2D eigenvalue weighted by Crippen LogP contribution is 2.23. The Bertz CT molecular complexity index is 1020. The molecule has 0 aromatic heterocycles. The van der Waals surface area contributed by atoms with Crippen LogP contribution in [0.15, 0.2) is 66.7 Å². The summed E-state index contributed by atoms with van der Waals surface area (Å²) in [6.45, 7) is 4.96. The molecule has 30 heavy (non-hydrogen) atoms. The molecule has 156 valence electrons. The summed E-state index contributed by atoms with van der Waals surface area (Å²) < 4.78 is 0. The van der Waals surface area contributed by atoms with Gasteiger partial charge in [-0.2, -0.15) is 0 Å². The molecule has 2 N–H and O–H groups in total. The summed E-state index contributed by atoms with van der Waals surface area (Å²) >= 11 is 6.16. The summed E-state index contributed by atoms with van der Waals surface area (Å²) in [6.07, 6.45) is 0.806. The molecule has 0 aliphatic carbocycles. The van der Waals surface area contributed by atoms with E-state index < -0.39 is 0 Å². The molecule has 4 rings (SSSR count). The summed E-state index contributed by atoms with van der Waals surface area (Å²) in [5.74, 6) is 0.106. The van der Waals surface area contributed by atoms with Crippen LogP contribution in [0.4, 0.5) is 0 Å². The third kappa shape index (κ3) is 5.01. The lowest BCUT2D eigenvalue weighted by Crippen LogP contribution is -2.42. The van der Waals surface area contributed by atoms with E-state index in [4.69, 9.17) is 11.6 Å². The molecule has 1 heterocycles. The molecule has 1 fully saturated rings. The third-order valence-electron chi connectivity index (χ3n) is 5.74. The van der Waals surface area contributed by atoms with Gasteiger partial charge < -0.3 is 10.6 Å². The van der Waals surface area contributed by atoms with Crippen molar-refractivity contribution in [1.29, 1.82) is 0 Å². The number of likely N-dealkylation sites (N-methyl/N-ethyl adjacent to an activating group) is 1. The number of benzene rings is 3. The molecule has 1 aliphatic rings. The maximum atomic E-state index is 12.7. The number of fused-ring (bicyclic) bond motifs is 1. The van der Waals surface area contributed by atoms with E-state index in [9.17, 15) is 4.79 Å². The molecule has 0 spiro atoms. The second-order valence-corrected chi connectivity index (χ2v) is 8.40. The van der Waals surface area contributed by atoms with Gasteiger partial charge >= 0.3 is 0 Å². The van der Waals surface area contributed by atoms with E-state index in [0.29, 0.717) is 6.54 Å². The van der Waals surface area contributed by atoms with Crippen LogP contribution >= 0.6 is 11.6 Å². The smallest absolute Gasteiger partial charge is 0.237 e. The van der Waals surface area contributed by atoms with Gasteiger partial charge in [0.25, 0.3) is 0 Å². The predicted octanol–water partition coefficient (Wildman–Crippen LogP) is 4.36. The van der Waals surface area contributed by atoms with Gasteiger partial charge in [-0.1, -0.05) is 60.1 Å². The number of hydrogen-bond acceptors (Lipinski definition) is 3. The van der Waals surface area contributed by atoms with Crippen LogP contribution in [0.5, 0.6) is 0 Å². The number of amides is 1. The Labute approximate surface area is 183 Å². The van der Waals surface area contributed by atoms with Crippen LogP contribution in [0.3, 0.4) is 0 Å². The van der Waals surface area contributed by atoms with Gasteiger partial charge in [0, 0.05) is 37.2 Å². The summed E-state index contributed by atoms with van der Waals surface area (Å²) in [5.41, 5.74) is 2.39. The maximum Gasteiger partial charge on any atom is 0.237 e. The highest BCUT2D eigenvalue weighted by atomic mass is 35.5. The number of carbonyl (C=O) groups excluding carboxylic acids is 1. The van der Waals surface area contributed by atoms with Crippen molar-refractivity contribution in [1.82, 2.24) is 15.5 Å². The van der Waals surface area contributed by atoms with Crippen molar-refractivity contribution in [2.75, 3.05) is 13.1 Å². The first-order valence-electron chi connectivity index (χ1n) is 10.6. The number of carbonyl (C=O) groups is 1. The standard InChI is InChI=1S/C25H28ClN3O/c1-2-27-25(30)24-14-23(17-29(24)16-19-6-5-9-22(26)13-19)28-15-18-10-11-20-7-3-4-8-21(20)12-18/h3-13,23-24,28H,2,14-17H2,1H3,(H,27,30)/t23-,24-/m0/s1. The van der Waals surface area contributed by atoms with Crippen molar-refractivity contribution < 1.29 is 4.79 Å². The molecule has 0 bridgehead atoms. The Morgan fingerprint density at radius 3 is 2.67 bits per heavy atom. The van der Waals surface area contributed by atoms with Gasteiger partial charge in [0.15, 0.2) is 0 Å². The van der Waals surface area contributed by atoms with Gasteiger partial charge in [-0.15, -0.1) is 0 Å². The summed E-state index contributed by atoms with van der Waals surface area (Å²) in [7, 11) is 0. The van der Waals surface area contributed by atoms with Crippen LogP contribution in [0.25, 0.3) is 10.8 Å². The molecular weight excluding hydrogens is 394 g/mol. The van der Waals surface area contributed by atoms with Gasteiger partial charge in [0.05, 0.1) is 6.04 Å². The zero-order valence-corrected chi connectivity index (χ0v) is 18.0. The highest BCUT2D eigenvalue weighted by Gasteiger charge is 2.36. The fourth-order valence-electron chi connectivity index (χ4n) is 4.27. The lowest BCUT2D eigenvalue weighted by atomic mass is 10.1. The number of halogens is 1. The first kappa shape index (κ1) is 20.9. The number of rotatable bonds is 7. The fourth-order valence-corrected chi connectivity index (χ4v) is 4.48. The zero-order valence-electron chi connectivity index (χ0n) is 17.3. The molecule has 3 aromatic carbocycles. The van der Waals surface area contributed by atoms with Gasteiger partial charge in [0.2, 0.25) is 5.91 Å². The average Bonchev–Trinajstić information content (AvgIpc) is 3.15. The highest BCUT2D eigenvalue weighted by molar-refractivity contribution is 6.30. The topological polar surface area (TPSA) is 44.4 Å². The van der Waals surface area contributed by atoms with E-state index in [1.807, 2.05) is 25.1 Å². The van der Waals surface area contributed by atoms with E-state index >= 15 is 0 Å². The van der Waals surface area contributed by atoms with E-state index in [2.05, 4.69) is 64.1 Å². The molecule has 0 saturated carbocycles. The minimum atomic E-state index is -0.127. The van der Waals surface area contributed by atoms with E-state index in [0.717, 1.165) is 36.6 Å². The predicted molar refractivity (Wildman–Crippen MR) is 124 cm³/mol. The lowest BCUT2D eigenvalue weighted by Gasteiger charge is -2.23. The van der Waals surface area contributed by atoms with E-state index in [1.54, 1.807) is 0 Å². The molecule has 0 radical (unpaired) electrons. The average molecular weight is 422 g/mol. The SMILES string of the molecule is CCNC(=O)[C@@H]1C[C@H](NCc2ccc3ccccc3c2)CN1Cc1cccc(Cl)c1. The number of hydrogen-bond donors (Lipinski definition) is 2. The van der Waals surface area contributed by atoms with E-state index in [-0.39, 0.29) is 18.0 Å². The summed E-state index contributed by atoms with van der Waals surface area (Å²) in [5, 5.41) is 9.90. The largest absolute Gasteiger partial charge is 0.355 e. The Morgan fingerprint density at radius 2 is 1.87 bits per heavy atom. The van der Waals surface area contributed by atoms with Gasteiger partial charge in [-0.05, 0) is 53.4 Å². The zero-order chi connectivity index (χ0) is 20.9. The number of likely N-dealkylation sites (tertiary alicyclic amines) is 1. The minimum Gasteiger partial charge on any atom is -0.355 e. The Kier molecular flexibility index (Phi) is 6.68. The Balaban J connectivity index is 1.43. The van der Waals surface area contributed by atoms with Crippen LogP contribution in [-0.2, 0) is 17.9 Å². The van der Waals surface area contributed by atoms with Crippen LogP contribution in [0.1, 0.15) is 24.5 Å².